The van der Waals surface area contributed by atoms with E-state index >= 15 is 0 Å². The number of anilines is 1. The van der Waals surface area contributed by atoms with Crippen LogP contribution in [-0.2, 0) is 22.6 Å². The van der Waals surface area contributed by atoms with Crippen LogP contribution in [0.4, 0.5) is 5.00 Å². The van der Waals surface area contributed by atoms with Crippen LogP contribution in [0.3, 0.4) is 0 Å². The fourth-order valence-corrected chi connectivity index (χ4v) is 5.20. The number of rotatable bonds is 7. The lowest BCUT2D eigenvalue weighted by atomic mass is 9.79. The molecule has 160 valence electrons. The van der Waals surface area contributed by atoms with Gasteiger partial charge in [0.05, 0.1) is 17.4 Å². The molecule has 0 aromatic carbocycles. The number of nitrogens with zero attached hydrogens (tertiary/aromatic N) is 1. The number of aromatic nitrogens is 1. The molecule has 3 N–H and O–H groups in total. The first-order valence-electron chi connectivity index (χ1n) is 10.2. The Morgan fingerprint density at radius 3 is 2.60 bits per heavy atom. The van der Waals surface area contributed by atoms with Crippen molar-refractivity contribution in [2.45, 2.75) is 52.5 Å². The molecule has 1 aliphatic carbocycles. The van der Waals surface area contributed by atoms with E-state index in [9.17, 15) is 19.5 Å². The van der Waals surface area contributed by atoms with Crippen LogP contribution in [0.1, 0.15) is 59.0 Å². The Kier molecular flexibility index (Phi) is 7.20. The summed E-state index contributed by atoms with van der Waals surface area (Å²) in [4.78, 5) is 42.5. The van der Waals surface area contributed by atoms with Crippen LogP contribution in [0.2, 0.25) is 0 Å². The minimum atomic E-state index is -0.930. The maximum atomic E-state index is 13.0. The van der Waals surface area contributed by atoms with Gasteiger partial charge in [0, 0.05) is 23.8 Å². The number of nitrogens with one attached hydrogen (secondary N) is 2. The van der Waals surface area contributed by atoms with E-state index in [1.807, 2.05) is 26.0 Å². The summed E-state index contributed by atoms with van der Waals surface area (Å²) in [6, 6.07) is 3.69. The number of amides is 2. The summed E-state index contributed by atoms with van der Waals surface area (Å²) < 4.78 is 0. The monoisotopic (exact) mass is 429 g/mol. The summed E-state index contributed by atoms with van der Waals surface area (Å²) in [7, 11) is 0. The molecule has 0 saturated heterocycles. The molecule has 0 bridgehead atoms. The van der Waals surface area contributed by atoms with E-state index in [0.717, 1.165) is 28.8 Å². The first-order valence-corrected chi connectivity index (χ1v) is 11.1. The zero-order chi connectivity index (χ0) is 21.7. The second kappa shape index (κ2) is 9.84. The fourth-order valence-electron chi connectivity index (χ4n) is 4.05. The van der Waals surface area contributed by atoms with Crippen LogP contribution in [-0.4, -0.2) is 27.9 Å². The van der Waals surface area contributed by atoms with Crippen molar-refractivity contribution in [1.29, 1.82) is 0 Å². The van der Waals surface area contributed by atoms with Gasteiger partial charge in [0.1, 0.15) is 5.00 Å². The second-order valence-electron chi connectivity index (χ2n) is 7.56. The molecular formula is C22H27N3O4S. The van der Waals surface area contributed by atoms with Crippen molar-refractivity contribution in [2.24, 2.45) is 11.8 Å². The maximum absolute atomic E-state index is 13.0. The van der Waals surface area contributed by atoms with Crippen molar-refractivity contribution < 1.29 is 19.5 Å². The van der Waals surface area contributed by atoms with Crippen LogP contribution in [0.15, 0.2) is 24.5 Å². The van der Waals surface area contributed by atoms with Gasteiger partial charge >= 0.3 is 5.97 Å². The summed E-state index contributed by atoms with van der Waals surface area (Å²) in [6.45, 7) is 4.24. The third kappa shape index (κ3) is 4.87. The largest absolute Gasteiger partial charge is 0.481 e. The SMILES string of the molecule is CCc1c(C)sc(NC(=O)[C@@H]2CCCC[C@@H]2C(=O)O)c1C(=O)NCc1cccnc1. The number of carboxylic acid groups (broad SMARTS) is 1. The molecule has 2 atom stereocenters. The topological polar surface area (TPSA) is 108 Å². The van der Waals surface area contributed by atoms with Gasteiger partial charge in [0.25, 0.3) is 5.91 Å². The number of aliphatic carboxylic acids is 1. The Bertz CT molecular complexity index is 926. The summed E-state index contributed by atoms with van der Waals surface area (Å²) >= 11 is 1.36. The smallest absolute Gasteiger partial charge is 0.307 e. The molecule has 0 radical (unpaired) electrons. The first-order chi connectivity index (χ1) is 14.4. The van der Waals surface area contributed by atoms with E-state index in [2.05, 4.69) is 15.6 Å². The minimum absolute atomic E-state index is 0.256. The van der Waals surface area contributed by atoms with Crippen LogP contribution >= 0.6 is 11.3 Å². The molecular weight excluding hydrogens is 402 g/mol. The third-order valence-corrected chi connectivity index (χ3v) is 6.69. The Labute approximate surface area is 179 Å². The van der Waals surface area contributed by atoms with Crippen molar-refractivity contribution in [1.82, 2.24) is 10.3 Å². The normalized spacial score (nSPS) is 18.6. The summed E-state index contributed by atoms with van der Waals surface area (Å²) in [5.74, 6) is -2.75. The van der Waals surface area contributed by atoms with Crippen molar-refractivity contribution in [3.8, 4) is 0 Å². The quantitative estimate of drug-likeness (QED) is 0.621. The molecule has 1 saturated carbocycles. The van der Waals surface area contributed by atoms with E-state index in [0.29, 0.717) is 36.4 Å². The highest BCUT2D eigenvalue weighted by Gasteiger charge is 2.36. The molecule has 1 fully saturated rings. The lowest BCUT2D eigenvalue weighted by Gasteiger charge is -2.27. The highest BCUT2D eigenvalue weighted by Crippen LogP contribution is 2.36. The number of thiophene rings is 1. The minimum Gasteiger partial charge on any atom is -0.481 e. The van der Waals surface area contributed by atoms with Gasteiger partial charge in [-0.2, -0.15) is 0 Å². The molecule has 7 nitrogen and oxygen atoms in total. The second-order valence-corrected chi connectivity index (χ2v) is 8.79. The van der Waals surface area contributed by atoms with Gasteiger partial charge in [0.15, 0.2) is 0 Å². The third-order valence-electron chi connectivity index (χ3n) is 5.62. The molecule has 30 heavy (non-hydrogen) atoms. The van der Waals surface area contributed by atoms with Crippen molar-refractivity contribution in [3.63, 3.8) is 0 Å². The van der Waals surface area contributed by atoms with E-state index < -0.39 is 17.8 Å². The zero-order valence-corrected chi connectivity index (χ0v) is 18.1. The maximum Gasteiger partial charge on any atom is 0.307 e. The fraction of sp³-hybridized carbons (Fsp3) is 0.455. The van der Waals surface area contributed by atoms with E-state index in [1.165, 1.54) is 11.3 Å². The molecule has 2 heterocycles. The molecule has 2 amide bonds. The van der Waals surface area contributed by atoms with Crippen LogP contribution in [0.5, 0.6) is 0 Å². The summed E-state index contributed by atoms with van der Waals surface area (Å²) in [5.41, 5.74) is 2.25. The van der Waals surface area contributed by atoms with Gasteiger partial charge in [-0.15, -0.1) is 11.3 Å². The van der Waals surface area contributed by atoms with Gasteiger partial charge in [0.2, 0.25) is 5.91 Å². The van der Waals surface area contributed by atoms with E-state index in [1.54, 1.807) is 12.4 Å². The molecule has 2 aromatic rings. The zero-order valence-electron chi connectivity index (χ0n) is 17.2. The van der Waals surface area contributed by atoms with Gasteiger partial charge in [-0.3, -0.25) is 19.4 Å². The number of hydrogen-bond donors (Lipinski definition) is 3. The number of hydrogen-bond acceptors (Lipinski definition) is 5. The number of carbonyl (C=O) groups excluding carboxylic acids is 2. The molecule has 0 unspecified atom stereocenters. The number of aryl methyl sites for hydroxylation is 1. The van der Waals surface area contributed by atoms with Crippen molar-refractivity contribution in [3.05, 3.63) is 46.1 Å². The number of carboxylic acids is 1. The molecule has 8 heteroatoms. The van der Waals surface area contributed by atoms with Crippen LogP contribution in [0, 0.1) is 18.8 Å². The predicted octanol–water partition coefficient (Wildman–Crippen LogP) is 3.77. The summed E-state index contributed by atoms with van der Waals surface area (Å²) in [5, 5.41) is 15.8. The molecule has 2 aromatic heterocycles. The number of carbonyl (C=O) groups is 3. The number of pyridine rings is 1. The lowest BCUT2D eigenvalue weighted by Crippen LogP contribution is -2.36. The Morgan fingerprint density at radius 2 is 1.97 bits per heavy atom. The molecule has 0 aliphatic heterocycles. The van der Waals surface area contributed by atoms with Gasteiger partial charge in [-0.1, -0.05) is 25.8 Å². The van der Waals surface area contributed by atoms with Gasteiger partial charge < -0.3 is 15.7 Å². The Balaban J connectivity index is 1.80. The highest BCUT2D eigenvalue weighted by atomic mass is 32.1. The first kappa shape index (κ1) is 22.0. The predicted molar refractivity (Wildman–Crippen MR) is 116 cm³/mol. The van der Waals surface area contributed by atoms with Gasteiger partial charge in [-0.05, 0) is 43.4 Å². The molecule has 3 rings (SSSR count). The lowest BCUT2D eigenvalue weighted by molar-refractivity contribution is -0.147. The Morgan fingerprint density at radius 1 is 1.23 bits per heavy atom. The van der Waals surface area contributed by atoms with E-state index in [-0.39, 0.29) is 11.8 Å². The van der Waals surface area contributed by atoms with Gasteiger partial charge in [-0.25, -0.2) is 0 Å². The standard InChI is InChI=1S/C22H27N3O4S/c1-3-15-13(2)30-21(18(15)20(27)24-12-14-7-6-10-23-11-14)25-19(26)16-8-4-5-9-17(16)22(28)29/h6-7,10-11,16-17H,3-5,8-9,12H2,1-2H3,(H,24,27)(H,25,26)(H,28,29)/t16-,17+/m1/s1. The Hall–Kier alpha value is -2.74. The van der Waals surface area contributed by atoms with E-state index in [4.69, 9.17) is 0 Å². The average Bonchev–Trinajstić information content (AvgIpc) is 3.07. The highest BCUT2D eigenvalue weighted by molar-refractivity contribution is 7.16. The summed E-state index contributed by atoms with van der Waals surface area (Å²) in [6.07, 6.45) is 6.75. The molecule has 1 aliphatic rings. The van der Waals surface area contributed by atoms with Crippen LogP contribution < -0.4 is 10.6 Å². The average molecular weight is 430 g/mol. The molecule has 0 spiro atoms. The van der Waals surface area contributed by atoms with Crippen molar-refractivity contribution in [2.75, 3.05) is 5.32 Å². The van der Waals surface area contributed by atoms with Crippen LogP contribution in [0.25, 0.3) is 0 Å². The van der Waals surface area contributed by atoms with Crippen molar-refractivity contribution >= 4 is 34.1 Å².